The number of benzene rings is 1. The maximum absolute atomic E-state index is 5.34. The number of rotatable bonds is 2. The molecular formula is C13H16N2O. The number of anilines is 1. The molecule has 0 saturated heterocycles. The van der Waals surface area contributed by atoms with Gasteiger partial charge in [0.15, 0.2) is 0 Å². The highest BCUT2D eigenvalue weighted by molar-refractivity contribution is 5.93. The second kappa shape index (κ2) is 4.00. The molecule has 0 aliphatic carbocycles. The number of aryl methyl sites for hydroxylation is 1. The van der Waals surface area contributed by atoms with E-state index in [1.807, 2.05) is 39.3 Å². The first kappa shape index (κ1) is 10.7. The number of pyridine rings is 1. The SMILES string of the molecule is COc1cc2c(N(C)C)ccnc2cc1C. The van der Waals surface area contributed by atoms with Gasteiger partial charge in [0.25, 0.3) is 0 Å². The summed E-state index contributed by atoms with van der Waals surface area (Å²) in [5, 5.41) is 1.12. The van der Waals surface area contributed by atoms with Gasteiger partial charge in [-0.05, 0) is 30.7 Å². The topological polar surface area (TPSA) is 25.4 Å². The summed E-state index contributed by atoms with van der Waals surface area (Å²) in [5.74, 6) is 0.906. The zero-order chi connectivity index (χ0) is 11.7. The Morgan fingerprint density at radius 3 is 2.62 bits per heavy atom. The van der Waals surface area contributed by atoms with Gasteiger partial charge in [-0.25, -0.2) is 0 Å². The largest absolute Gasteiger partial charge is 0.496 e. The Balaban J connectivity index is 2.76. The lowest BCUT2D eigenvalue weighted by Gasteiger charge is -2.16. The third-order valence-corrected chi connectivity index (χ3v) is 2.72. The van der Waals surface area contributed by atoms with Gasteiger partial charge in [-0.1, -0.05) is 0 Å². The molecule has 0 radical (unpaired) electrons. The summed E-state index contributed by atoms with van der Waals surface area (Å²) in [5.41, 5.74) is 3.27. The van der Waals surface area contributed by atoms with E-state index in [2.05, 4.69) is 16.0 Å². The van der Waals surface area contributed by atoms with Crippen LogP contribution in [0.3, 0.4) is 0 Å². The number of ether oxygens (including phenoxy) is 1. The van der Waals surface area contributed by atoms with Crippen LogP contribution in [0.4, 0.5) is 5.69 Å². The number of methoxy groups -OCH3 is 1. The van der Waals surface area contributed by atoms with Gasteiger partial charge in [0, 0.05) is 31.4 Å². The molecule has 1 aromatic carbocycles. The van der Waals surface area contributed by atoms with Crippen molar-refractivity contribution in [3.63, 3.8) is 0 Å². The minimum absolute atomic E-state index is 0.906. The summed E-state index contributed by atoms with van der Waals surface area (Å²) in [6.45, 7) is 2.03. The first-order valence-electron chi connectivity index (χ1n) is 5.24. The van der Waals surface area contributed by atoms with Crippen molar-refractivity contribution >= 4 is 16.6 Å². The van der Waals surface area contributed by atoms with Crippen molar-refractivity contribution in [2.24, 2.45) is 0 Å². The fourth-order valence-electron chi connectivity index (χ4n) is 1.87. The highest BCUT2D eigenvalue weighted by Crippen LogP contribution is 2.30. The molecule has 0 atom stereocenters. The molecule has 3 nitrogen and oxygen atoms in total. The third kappa shape index (κ3) is 1.69. The van der Waals surface area contributed by atoms with Crippen LogP contribution in [0.5, 0.6) is 5.75 Å². The predicted molar refractivity (Wildman–Crippen MR) is 67.4 cm³/mol. The average molecular weight is 216 g/mol. The van der Waals surface area contributed by atoms with E-state index in [0.29, 0.717) is 0 Å². The van der Waals surface area contributed by atoms with E-state index >= 15 is 0 Å². The molecule has 3 heteroatoms. The molecule has 0 bridgehead atoms. The first-order chi connectivity index (χ1) is 7.63. The zero-order valence-corrected chi connectivity index (χ0v) is 10.1. The van der Waals surface area contributed by atoms with Crippen LogP contribution < -0.4 is 9.64 Å². The van der Waals surface area contributed by atoms with E-state index in [1.54, 1.807) is 7.11 Å². The summed E-state index contributed by atoms with van der Waals surface area (Å²) < 4.78 is 5.34. The summed E-state index contributed by atoms with van der Waals surface area (Å²) in [6, 6.07) is 6.12. The predicted octanol–water partition coefficient (Wildman–Crippen LogP) is 2.62. The number of hydrogen-bond acceptors (Lipinski definition) is 3. The van der Waals surface area contributed by atoms with E-state index in [4.69, 9.17) is 4.74 Å². The Labute approximate surface area is 95.7 Å². The fraction of sp³-hybridized carbons (Fsp3) is 0.308. The molecule has 0 unspecified atom stereocenters. The number of nitrogens with zero attached hydrogens (tertiary/aromatic N) is 2. The monoisotopic (exact) mass is 216 g/mol. The quantitative estimate of drug-likeness (QED) is 0.771. The molecule has 84 valence electrons. The van der Waals surface area contributed by atoms with Crippen LogP contribution >= 0.6 is 0 Å². The summed E-state index contributed by atoms with van der Waals surface area (Å²) in [7, 11) is 5.75. The van der Waals surface area contributed by atoms with Crippen molar-refractivity contribution in [2.45, 2.75) is 6.92 Å². The molecule has 0 aliphatic rings. The number of aromatic nitrogens is 1. The minimum Gasteiger partial charge on any atom is -0.496 e. The van der Waals surface area contributed by atoms with Crippen LogP contribution in [0.25, 0.3) is 10.9 Å². The van der Waals surface area contributed by atoms with Crippen molar-refractivity contribution in [3.05, 3.63) is 30.0 Å². The molecule has 0 fully saturated rings. The molecule has 2 aromatic rings. The lowest BCUT2D eigenvalue weighted by Crippen LogP contribution is -2.09. The van der Waals surface area contributed by atoms with E-state index < -0.39 is 0 Å². The number of hydrogen-bond donors (Lipinski definition) is 0. The Bertz CT molecular complexity index is 521. The van der Waals surface area contributed by atoms with Gasteiger partial charge >= 0.3 is 0 Å². The zero-order valence-electron chi connectivity index (χ0n) is 10.1. The van der Waals surface area contributed by atoms with Gasteiger partial charge in [0.05, 0.1) is 12.6 Å². The third-order valence-electron chi connectivity index (χ3n) is 2.72. The van der Waals surface area contributed by atoms with Gasteiger partial charge in [-0.3, -0.25) is 4.98 Å². The first-order valence-corrected chi connectivity index (χ1v) is 5.24. The molecule has 0 spiro atoms. The van der Waals surface area contributed by atoms with E-state index in [9.17, 15) is 0 Å². The van der Waals surface area contributed by atoms with Crippen LogP contribution in [0.15, 0.2) is 24.4 Å². The molecule has 2 rings (SSSR count). The van der Waals surface area contributed by atoms with Gasteiger partial charge in [0.1, 0.15) is 5.75 Å². The van der Waals surface area contributed by atoms with Crippen LogP contribution in [-0.4, -0.2) is 26.2 Å². The van der Waals surface area contributed by atoms with Crippen molar-refractivity contribution in [1.29, 1.82) is 0 Å². The van der Waals surface area contributed by atoms with Crippen LogP contribution in [-0.2, 0) is 0 Å². The Kier molecular flexibility index (Phi) is 2.69. The number of fused-ring (bicyclic) bond motifs is 1. The molecule has 16 heavy (non-hydrogen) atoms. The lowest BCUT2D eigenvalue weighted by atomic mass is 10.1. The standard InChI is InChI=1S/C13H16N2O/c1-9-7-11-10(8-13(9)16-4)12(15(2)3)5-6-14-11/h5-8H,1-4H3. The fourth-order valence-corrected chi connectivity index (χ4v) is 1.87. The molecule has 0 saturated carbocycles. The maximum Gasteiger partial charge on any atom is 0.122 e. The Hall–Kier alpha value is -1.77. The van der Waals surface area contributed by atoms with E-state index in [1.165, 1.54) is 0 Å². The Morgan fingerprint density at radius 2 is 2.00 bits per heavy atom. The highest BCUT2D eigenvalue weighted by Gasteiger charge is 2.07. The minimum atomic E-state index is 0.906. The summed E-state index contributed by atoms with van der Waals surface area (Å²) >= 11 is 0. The van der Waals surface area contributed by atoms with E-state index in [-0.39, 0.29) is 0 Å². The second-order valence-electron chi connectivity index (χ2n) is 4.06. The van der Waals surface area contributed by atoms with Gasteiger partial charge in [0.2, 0.25) is 0 Å². The second-order valence-corrected chi connectivity index (χ2v) is 4.06. The molecule has 0 aliphatic heterocycles. The Morgan fingerprint density at radius 1 is 1.25 bits per heavy atom. The highest BCUT2D eigenvalue weighted by atomic mass is 16.5. The van der Waals surface area contributed by atoms with Crippen LogP contribution in [0, 0.1) is 6.92 Å². The smallest absolute Gasteiger partial charge is 0.122 e. The summed E-state index contributed by atoms with van der Waals surface area (Å²) in [6.07, 6.45) is 1.84. The lowest BCUT2D eigenvalue weighted by molar-refractivity contribution is 0.412. The molecular weight excluding hydrogens is 200 g/mol. The van der Waals surface area contributed by atoms with Crippen LogP contribution in [0.1, 0.15) is 5.56 Å². The van der Waals surface area contributed by atoms with Gasteiger partial charge < -0.3 is 9.64 Å². The molecule has 0 N–H and O–H groups in total. The van der Waals surface area contributed by atoms with E-state index in [0.717, 1.165) is 27.9 Å². The van der Waals surface area contributed by atoms with Crippen LogP contribution in [0.2, 0.25) is 0 Å². The van der Waals surface area contributed by atoms with Crippen molar-refractivity contribution in [2.75, 3.05) is 26.1 Å². The van der Waals surface area contributed by atoms with Gasteiger partial charge in [-0.2, -0.15) is 0 Å². The van der Waals surface area contributed by atoms with Gasteiger partial charge in [-0.15, -0.1) is 0 Å². The van der Waals surface area contributed by atoms with Crippen molar-refractivity contribution in [3.8, 4) is 5.75 Å². The van der Waals surface area contributed by atoms with Crippen molar-refractivity contribution < 1.29 is 4.74 Å². The average Bonchev–Trinajstić information content (AvgIpc) is 2.26. The molecule has 0 amide bonds. The normalized spacial score (nSPS) is 10.5. The molecule has 1 aromatic heterocycles. The van der Waals surface area contributed by atoms with Crippen molar-refractivity contribution in [1.82, 2.24) is 4.98 Å². The maximum atomic E-state index is 5.34. The summed E-state index contributed by atoms with van der Waals surface area (Å²) in [4.78, 5) is 6.46. The molecule has 1 heterocycles.